The molecule has 2 aromatic carbocycles. The summed E-state index contributed by atoms with van der Waals surface area (Å²) in [7, 11) is 1.45. The zero-order valence-electron chi connectivity index (χ0n) is 17.7. The maximum absolute atomic E-state index is 12.7. The molecule has 2 amide bonds. The molecule has 32 heavy (non-hydrogen) atoms. The number of carbonyl (C=O) groups is 2. The third-order valence-corrected chi connectivity index (χ3v) is 5.00. The van der Waals surface area contributed by atoms with Crippen molar-refractivity contribution in [1.29, 1.82) is 0 Å². The molecule has 0 saturated carbocycles. The van der Waals surface area contributed by atoms with Crippen molar-refractivity contribution in [1.82, 2.24) is 10.6 Å². The van der Waals surface area contributed by atoms with Gasteiger partial charge in [0.15, 0.2) is 6.61 Å². The molecule has 2 N–H and O–H groups in total. The second-order valence-corrected chi connectivity index (χ2v) is 7.76. The van der Waals surface area contributed by atoms with Crippen LogP contribution in [0.3, 0.4) is 0 Å². The molecular formula is C22H25F3N2O4S. The number of carbonyl (C=O) groups excluding carboxylic acids is 2. The molecule has 0 radical (unpaired) electrons. The fourth-order valence-corrected chi connectivity index (χ4v) is 3.27. The number of rotatable bonds is 11. The summed E-state index contributed by atoms with van der Waals surface area (Å²) < 4.78 is 46.9. The zero-order chi connectivity index (χ0) is 23.6. The van der Waals surface area contributed by atoms with E-state index in [9.17, 15) is 22.8 Å². The first-order chi connectivity index (χ1) is 15.2. The molecule has 0 bridgehead atoms. The Balaban J connectivity index is 2.01. The highest BCUT2D eigenvalue weighted by Gasteiger charge is 2.28. The molecule has 1 atom stereocenters. The summed E-state index contributed by atoms with van der Waals surface area (Å²) in [5, 5.41) is 5.45. The molecule has 0 saturated heterocycles. The fraction of sp³-hybridized carbons (Fsp3) is 0.364. The van der Waals surface area contributed by atoms with Crippen LogP contribution in [0.2, 0.25) is 0 Å². The van der Waals surface area contributed by atoms with E-state index in [2.05, 4.69) is 10.6 Å². The van der Waals surface area contributed by atoms with Crippen LogP contribution in [0.1, 0.15) is 22.3 Å². The fourth-order valence-electron chi connectivity index (χ4n) is 2.80. The smallest absolute Gasteiger partial charge is 0.422 e. The van der Waals surface area contributed by atoms with E-state index in [0.717, 1.165) is 0 Å². The van der Waals surface area contributed by atoms with Gasteiger partial charge in [0.05, 0.1) is 12.7 Å². The minimum absolute atomic E-state index is 0.0532. The van der Waals surface area contributed by atoms with Crippen LogP contribution < -0.4 is 20.1 Å². The van der Waals surface area contributed by atoms with Crippen molar-refractivity contribution in [2.75, 3.05) is 25.7 Å². The van der Waals surface area contributed by atoms with Crippen LogP contribution in [-0.2, 0) is 11.3 Å². The van der Waals surface area contributed by atoms with E-state index >= 15 is 0 Å². The Bertz CT molecular complexity index is 909. The predicted molar refractivity (Wildman–Crippen MR) is 117 cm³/mol. The van der Waals surface area contributed by atoms with Crippen LogP contribution in [0.5, 0.6) is 11.5 Å². The normalized spacial score (nSPS) is 12.0. The van der Waals surface area contributed by atoms with Crippen molar-refractivity contribution in [2.24, 2.45) is 0 Å². The highest BCUT2D eigenvalue weighted by molar-refractivity contribution is 7.98. The Morgan fingerprint density at radius 3 is 2.56 bits per heavy atom. The van der Waals surface area contributed by atoms with E-state index in [1.807, 2.05) is 6.26 Å². The summed E-state index contributed by atoms with van der Waals surface area (Å²) >= 11 is 1.54. The van der Waals surface area contributed by atoms with Gasteiger partial charge < -0.3 is 20.1 Å². The third-order valence-electron chi connectivity index (χ3n) is 4.35. The lowest BCUT2D eigenvalue weighted by atomic mass is 10.1. The molecular weight excluding hydrogens is 445 g/mol. The SMILES string of the molecule is COc1ccccc1C(=O)NC(CCSC)C(=O)NCc1cccc(OCC(F)(F)F)c1. The number of nitrogens with one attached hydrogen (secondary N) is 2. The molecule has 1 unspecified atom stereocenters. The van der Waals surface area contributed by atoms with Crippen LogP contribution >= 0.6 is 11.8 Å². The molecule has 0 fully saturated rings. The van der Waals surface area contributed by atoms with Gasteiger partial charge in [-0.05, 0) is 48.3 Å². The number of hydrogen-bond donors (Lipinski definition) is 2. The molecule has 10 heteroatoms. The van der Waals surface area contributed by atoms with E-state index in [4.69, 9.17) is 9.47 Å². The number of hydrogen-bond acceptors (Lipinski definition) is 5. The summed E-state index contributed by atoms with van der Waals surface area (Å²) in [4.78, 5) is 25.4. The highest BCUT2D eigenvalue weighted by Crippen LogP contribution is 2.20. The van der Waals surface area contributed by atoms with Crippen molar-refractivity contribution >= 4 is 23.6 Å². The van der Waals surface area contributed by atoms with Gasteiger partial charge in [0, 0.05) is 6.54 Å². The molecule has 0 aromatic heterocycles. The second-order valence-electron chi connectivity index (χ2n) is 6.78. The summed E-state index contributed by atoms with van der Waals surface area (Å²) in [6.45, 7) is -1.32. The standard InChI is InChI=1S/C22H25F3N2O4S/c1-30-19-9-4-3-8-17(19)20(28)27-18(10-11-32-2)21(29)26-13-15-6-5-7-16(12-15)31-14-22(23,24)25/h3-9,12,18H,10-11,13-14H2,1-2H3,(H,26,29)(H,27,28). The van der Waals surface area contributed by atoms with Crippen molar-refractivity contribution in [3.05, 3.63) is 59.7 Å². The molecule has 0 spiro atoms. The van der Waals surface area contributed by atoms with Gasteiger partial charge in [0.1, 0.15) is 17.5 Å². The maximum atomic E-state index is 12.7. The third kappa shape index (κ3) is 8.33. The largest absolute Gasteiger partial charge is 0.496 e. The number of ether oxygens (including phenoxy) is 2. The van der Waals surface area contributed by atoms with E-state index in [1.165, 1.54) is 31.0 Å². The number of amides is 2. The van der Waals surface area contributed by atoms with Crippen molar-refractivity contribution in [3.8, 4) is 11.5 Å². The zero-order valence-corrected chi connectivity index (χ0v) is 18.5. The lowest BCUT2D eigenvalue weighted by molar-refractivity contribution is -0.153. The maximum Gasteiger partial charge on any atom is 0.422 e. The van der Waals surface area contributed by atoms with Crippen LogP contribution in [0.4, 0.5) is 13.2 Å². The number of methoxy groups -OCH3 is 1. The van der Waals surface area contributed by atoms with E-state index in [1.54, 1.807) is 36.4 Å². The Hall–Kier alpha value is -2.88. The number of alkyl halides is 3. The van der Waals surface area contributed by atoms with Crippen LogP contribution in [0, 0.1) is 0 Å². The summed E-state index contributed by atoms with van der Waals surface area (Å²) in [5.41, 5.74) is 0.879. The van der Waals surface area contributed by atoms with Gasteiger partial charge in [-0.15, -0.1) is 0 Å². The summed E-state index contributed by atoms with van der Waals surface area (Å²) in [6.07, 6.45) is -2.14. The first kappa shape index (κ1) is 25.4. The summed E-state index contributed by atoms with van der Waals surface area (Å²) in [5.74, 6) is 0.253. The van der Waals surface area contributed by atoms with Gasteiger partial charge in [-0.3, -0.25) is 9.59 Å². The first-order valence-corrected chi connectivity index (χ1v) is 11.1. The number of benzene rings is 2. The Labute approximate surface area is 188 Å². The minimum atomic E-state index is -4.44. The lowest BCUT2D eigenvalue weighted by Gasteiger charge is -2.19. The molecule has 2 aromatic rings. The molecule has 0 aliphatic rings. The minimum Gasteiger partial charge on any atom is -0.496 e. The molecule has 2 rings (SSSR count). The molecule has 0 aliphatic heterocycles. The van der Waals surface area contributed by atoms with Crippen LogP contribution in [0.25, 0.3) is 0 Å². The molecule has 0 aliphatic carbocycles. The first-order valence-electron chi connectivity index (χ1n) is 9.72. The van der Waals surface area contributed by atoms with Gasteiger partial charge in [-0.2, -0.15) is 24.9 Å². The Kier molecular flexibility index (Phi) is 9.70. The van der Waals surface area contributed by atoms with E-state index in [0.29, 0.717) is 29.1 Å². The van der Waals surface area contributed by atoms with Crippen molar-refractivity contribution in [2.45, 2.75) is 25.2 Å². The van der Waals surface area contributed by atoms with Crippen molar-refractivity contribution < 1.29 is 32.2 Å². The molecule has 6 nitrogen and oxygen atoms in total. The number of para-hydroxylation sites is 1. The van der Waals surface area contributed by atoms with Gasteiger partial charge in [0.2, 0.25) is 5.91 Å². The highest BCUT2D eigenvalue weighted by atomic mass is 32.2. The van der Waals surface area contributed by atoms with Crippen LogP contribution in [-0.4, -0.2) is 49.8 Å². The Morgan fingerprint density at radius 2 is 1.88 bits per heavy atom. The van der Waals surface area contributed by atoms with E-state index in [-0.39, 0.29) is 12.3 Å². The lowest BCUT2D eigenvalue weighted by Crippen LogP contribution is -2.47. The quantitative estimate of drug-likeness (QED) is 0.523. The average molecular weight is 471 g/mol. The number of thioether (sulfide) groups is 1. The van der Waals surface area contributed by atoms with Gasteiger partial charge >= 0.3 is 6.18 Å². The van der Waals surface area contributed by atoms with Gasteiger partial charge in [0.25, 0.3) is 5.91 Å². The second kappa shape index (κ2) is 12.2. The summed E-state index contributed by atoms with van der Waals surface area (Å²) in [6, 6.07) is 11.9. The van der Waals surface area contributed by atoms with Crippen molar-refractivity contribution in [3.63, 3.8) is 0 Å². The molecule has 174 valence electrons. The molecule has 0 heterocycles. The number of halogens is 3. The topological polar surface area (TPSA) is 76.7 Å². The Morgan fingerprint density at radius 1 is 1.12 bits per heavy atom. The predicted octanol–water partition coefficient (Wildman–Crippen LogP) is 3.80. The monoisotopic (exact) mass is 470 g/mol. The van der Waals surface area contributed by atoms with Gasteiger partial charge in [-0.1, -0.05) is 24.3 Å². The van der Waals surface area contributed by atoms with Gasteiger partial charge in [-0.25, -0.2) is 0 Å². The average Bonchev–Trinajstić information content (AvgIpc) is 2.78. The van der Waals surface area contributed by atoms with E-state index < -0.39 is 30.6 Å². The van der Waals surface area contributed by atoms with Crippen LogP contribution in [0.15, 0.2) is 48.5 Å².